The fraction of sp³-hybridized carbons (Fsp3) is 0. The predicted molar refractivity (Wildman–Crippen MR) is 109 cm³/mol. The van der Waals surface area contributed by atoms with Crippen LogP contribution in [0.4, 0.5) is 5.69 Å². The molecule has 4 aromatic rings. The zero-order chi connectivity index (χ0) is 18.7. The van der Waals surface area contributed by atoms with Crippen LogP contribution in [0.5, 0.6) is 0 Å². The van der Waals surface area contributed by atoms with Gasteiger partial charge in [-0.05, 0) is 42.0 Å². The Morgan fingerprint density at radius 2 is 1.63 bits per heavy atom. The summed E-state index contributed by atoms with van der Waals surface area (Å²) in [5.41, 5.74) is 3.19. The number of aromatic amines is 1. The van der Waals surface area contributed by atoms with Crippen LogP contribution in [0.15, 0.2) is 83.8 Å². The molecule has 0 amide bonds. The number of aromatic nitrogens is 2. The number of nitrogens with one attached hydrogen (secondary N) is 2. The van der Waals surface area contributed by atoms with Crippen molar-refractivity contribution in [3.8, 4) is 0 Å². The van der Waals surface area contributed by atoms with Gasteiger partial charge in [-0.3, -0.25) is 9.82 Å². The second-order valence-electron chi connectivity index (χ2n) is 6.03. The van der Waals surface area contributed by atoms with Gasteiger partial charge in [-0.2, -0.15) is 5.10 Å². The van der Waals surface area contributed by atoms with Crippen LogP contribution in [0.3, 0.4) is 0 Å². The molecule has 0 saturated heterocycles. The van der Waals surface area contributed by atoms with Crippen LogP contribution in [0.25, 0.3) is 23.1 Å². The van der Waals surface area contributed by atoms with Gasteiger partial charge < -0.3 is 0 Å². The first-order chi connectivity index (χ1) is 13.1. The fourth-order valence-electron chi connectivity index (χ4n) is 2.81. The number of nitrogens with zero attached hydrogens (tertiary/aromatic N) is 1. The van der Waals surface area contributed by atoms with Crippen LogP contribution in [0.1, 0.15) is 11.3 Å². The quantitative estimate of drug-likeness (QED) is 0.538. The Morgan fingerprint density at radius 1 is 0.852 bits per heavy atom. The number of hydrogen-bond acceptors (Lipinski definition) is 3. The fourth-order valence-corrected chi connectivity index (χ4v) is 3.88. The Labute approximate surface area is 157 Å². The molecule has 1 aromatic heterocycles. The molecule has 0 aliphatic heterocycles. The van der Waals surface area contributed by atoms with E-state index in [2.05, 4.69) is 14.9 Å². The molecule has 2 N–H and O–H groups in total. The zero-order valence-electron chi connectivity index (χ0n) is 14.3. The van der Waals surface area contributed by atoms with E-state index in [1.807, 2.05) is 48.6 Å². The number of H-pyrrole nitrogens is 1. The van der Waals surface area contributed by atoms with E-state index in [0.29, 0.717) is 5.69 Å². The number of hydrogen-bond donors (Lipinski definition) is 2. The molecule has 0 atom stereocenters. The minimum Gasteiger partial charge on any atom is -0.280 e. The molecule has 4 rings (SSSR count). The van der Waals surface area contributed by atoms with Crippen LogP contribution < -0.4 is 4.72 Å². The first-order valence-electron chi connectivity index (χ1n) is 8.41. The first kappa shape index (κ1) is 17.1. The Balaban J connectivity index is 1.58. The lowest BCUT2D eigenvalue weighted by atomic mass is 10.1. The van der Waals surface area contributed by atoms with E-state index in [0.717, 1.165) is 22.2 Å². The molecule has 5 nitrogen and oxygen atoms in total. The Bertz CT molecular complexity index is 1210. The van der Waals surface area contributed by atoms with E-state index >= 15 is 0 Å². The van der Waals surface area contributed by atoms with E-state index in [4.69, 9.17) is 0 Å². The number of para-hydroxylation sites is 1. The smallest absolute Gasteiger partial charge is 0.261 e. The van der Waals surface area contributed by atoms with Crippen LogP contribution in [-0.4, -0.2) is 18.6 Å². The van der Waals surface area contributed by atoms with Crippen molar-refractivity contribution in [1.82, 2.24) is 10.2 Å². The summed E-state index contributed by atoms with van der Waals surface area (Å²) in [5, 5.41) is 8.34. The molecular weight excluding hydrogens is 358 g/mol. The number of anilines is 1. The summed E-state index contributed by atoms with van der Waals surface area (Å²) in [6.45, 7) is 0. The highest BCUT2D eigenvalue weighted by Gasteiger charge is 2.13. The van der Waals surface area contributed by atoms with Crippen LogP contribution in [0.2, 0.25) is 0 Å². The van der Waals surface area contributed by atoms with Gasteiger partial charge in [0.05, 0.1) is 16.1 Å². The van der Waals surface area contributed by atoms with E-state index in [1.165, 1.54) is 0 Å². The predicted octanol–water partition coefficient (Wildman–Crippen LogP) is 4.53. The number of rotatable bonds is 5. The van der Waals surface area contributed by atoms with Gasteiger partial charge >= 0.3 is 0 Å². The molecule has 0 aliphatic rings. The summed E-state index contributed by atoms with van der Waals surface area (Å²) in [5.74, 6) is 0. The Hall–Kier alpha value is -3.38. The van der Waals surface area contributed by atoms with Crippen LogP contribution in [-0.2, 0) is 10.0 Å². The highest BCUT2D eigenvalue weighted by atomic mass is 32.2. The highest BCUT2D eigenvalue weighted by molar-refractivity contribution is 7.92. The second-order valence-corrected chi connectivity index (χ2v) is 7.71. The van der Waals surface area contributed by atoms with Crippen LogP contribution >= 0.6 is 0 Å². The minimum atomic E-state index is -3.61. The van der Waals surface area contributed by atoms with Gasteiger partial charge in [-0.25, -0.2) is 8.42 Å². The standard InChI is InChI=1S/C21H17N3O2S/c25-27(26,18-9-2-1-3-10-18)24-17-8-6-7-16(15-17)13-14-21-19-11-4-5-12-20(19)22-23-21/h1-15,24H,(H,22,23). The van der Waals surface area contributed by atoms with Crippen molar-refractivity contribution in [1.29, 1.82) is 0 Å². The average molecular weight is 375 g/mol. The maximum Gasteiger partial charge on any atom is 0.261 e. The molecule has 0 saturated carbocycles. The molecular formula is C21H17N3O2S. The van der Waals surface area contributed by atoms with Crippen LogP contribution in [0, 0.1) is 0 Å². The molecule has 0 spiro atoms. The molecule has 1 heterocycles. The van der Waals surface area contributed by atoms with Gasteiger partial charge in [0.15, 0.2) is 0 Å². The minimum absolute atomic E-state index is 0.230. The zero-order valence-corrected chi connectivity index (χ0v) is 15.1. The van der Waals surface area contributed by atoms with Gasteiger partial charge in [0.2, 0.25) is 0 Å². The van der Waals surface area contributed by atoms with Crippen molar-refractivity contribution in [2.24, 2.45) is 0 Å². The monoisotopic (exact) mass is 375 g/mol. The third-order valence-corrected chi connectivity index (χ3v) is 5.52. The SMILES string of the molecule is O=S(=O)(Nc1cccc(C=Cc2n[nH]c3ccccc23)c1)c1ccccc1. The van der Waals surface area contributed by atoms with Crippen molar-refractivity contribution in [2.45, 2.75) is 4.90 Å². The number of sulfonamides is 1. The van der Waals surface area contributed by atoms with Crippen molar-refractivity contribution < 1.29 is 8.42 Å². The molecule has 0 fully saturated rings. The van der Waals surface area contributed by atoms with Gasteiger partial charge in [0.25, 0.3) is 10.0 Å². The van der Waals surface area contributed by atoms with E-state index in [9.17, 15) is 8.42 Å². The van der Waals surface area contributed by atoms with Crippen molar-refractivity contribution in [3.63, 3.8) is 0 Å². The Morgan fingerprint density at radius 3 is 2.48 bits per heavy atom. The van der Waals surface area contributed by atoms with Gasteiger partial charge in [-0.15, -0.1) is 0 Å². The second kappa shape index (κ2) is 7.09. The third kappa shape index (κ3) is 3.75. The Kier molecular flexibility index (Phi) is 4.48. The summed E-state index contributed by atoms with van der Waals surface area (Å²) in [6.07, 6.45) is 3.81. The number of benzene rings is 3. The molecule has 134 valence electrons. The van der Waals surface area contributed by atoms with Crippen molar-refractivity contribution in [2.75, 3.05) is 4.72 Å². The topological polar surface area (TPSA) is 74.8 Å². The molecule has 6 heteroatoms. The molecule has 0 bridgehead atoms. The lowest BCUT2D eigenvalue weighted by Gasteiger charge is -2.08. The molecule has 0 radical (unpaired) electrons. The summed E-state index contributed by atoms with van der Waals surface area (Å²) < 4.78 is 27.5. The maximum absolute atomic E-state index is 12.5. The van der Waals surface area contributed by atoms with Gasteiger partial charge in [0, 0.05) is 11.1 Å². The lowest BCUT2D eigenvalue weighted by molar-refractivity contribution is 0.601. The summed E-state index contributed by atoms with van der Waals surface area (Å²) in [6, 6.07) is 23.4. The van der Waals surface area contributed by atoms with E-state index in [1.54, 1.807) is 42.5 Å². The maximum atomic E-state index is 12.5. The van der Waals surface area contributed by atoms with E-state index < -0.39 is 10.0 Å². The lowest BCUT2D eigenvalue weighted by Crippen LogP contribution is -2.12. The number of fused-ring (bicyclic) bond motifs is 1. The van der Waals surface area contributed by atoms with Gasteiger partial charge in [0.1, 0.15) is 0 Å². The van der Waals surface area contributed by atoms with Crippen molar-refractivity contribution >= 4 is 38.8 Å². The van der Waals surface area contributed by atoms with Crippen molar-refractivity contribution in [3.05, 3.63) is 90.1 Å². The third-order valence-electron chi connectivity index (χ3n) is 4.13. The molecule has 0 unspecified atom stereocenters. The van der Waals surface area contributed by atoms with Gasteiger partial charge in [-0.1, -0.05) is 54.6 Å². The highest BCUT2D eigenvalue weighted by Crippen LogP contribution is 2.20. The molecule has 0 aliphatic carbocycles. The summed E-state index contributed by atoms with van der Waals surface area (Å²) in [4.78, 5) is 0.230. The summed E-state index contributed by atoms with van der Waals surface area (Å²) in [7, 11) is -3.61. The van der Waals surface area contributed by atoms with E-state index in [-0.39, 0.29) is 4.90 Å². The summed E-state index contributed by atoms with van der Waals surface area (Å²) >= 11 is 0. The first-order valence-corrected chi connectivity index (χ1v) is 9.89. The molecule has 3 aromatic carbocycles. The normalized spacial score (nSPS) is 11.9. The largest absolute Gasteiger partial charge is 0.280 e. The average Bonchev–Trinajstić information content (AvgIpc) is 3.10. The molecule has 27 heavy (non-hydrogen) atoms.